The summed E-state index contributed by atoms with van der Waals surface area (Å²) in [7, 11) is 0. The van der Waals surface area contributed by atoms with E-state index >= 15 is 0 Å². The summed E-state index contributed by atoms with van der Waals surface area (Å²) in [4.78, 5) is 0. The number of aliphatic hydroxyl groups is 1. The maximum atomic E-state index is 9.67. The second kappa shape index (κ2) is 4.04. The Balaban J connectivity index is 2.87. The van der Waals surface area contributed by atoms with E-state index in [9.17, 15) is 5.11 Å². The van der Waals surface area contributed by atoms with Crippen LogP contribution in [0.1, 0.15) is 47.5 Å². The maximum Gasteiger partial charge on any atom is 0.0838 e. The molecule has 1 unspecified atom stereocenters. The van der Waals surface area contributed by atoms with Crippen molar-refractivity contribution in [3.63, 3.8) is 0 Å². The van der Waals surface area contributed by atoms with Gasteiger partial charge in [-0.2, -0.15) is 0 Å². The Morgan fingerprint density at radius 3 is 2.20 bits per heavy atom. The molecule has 90 valence electrons. The first kappa shape index (κ1) is 12.9. The summed E-state index contributed by atoms with van der Waals surface area (Å²) in [5.74, 6) is 0. The molecule has 1 saturated heterocycles. The minimum atomic E-state index is -0.319. The van der Waals surface area contributed by atoms with Crippen molar-refractivity contribution in [2.75, 3.05) is 13.2 Å². The van der Waals surface area contributed by atoms with Crippen LogP contribution in [0.25, 0.3) is 0 Å². The van der Waals surface area contributed by atoms with Crippen LogP contribution in [0, 0.1) is 0 Å². The van der Waals surface area contributed by atoms with Crippen molar-refractivity contribution in [1.82, 2.24) is 5.32 Å². The molecule has 1 aliphatic rings. The lowest BCUT2D eigenvalue weighted by Crippen LogP contribution is -2.60. The van der Waals surface area contributed by atoms with E-state index in [1.54, 1.807) is 0 Å². The molecule has 1 fully saturated rings. The van der Waals surface area contributed by atoms with Crippen molar-refractivity contribution in [3.05, 3.63) is 0 Å². The average molecular weight is 215 g/mol. The number of hydrogen-bond donors (Lipinski definition) is 2. The van der Waals surface area contributed by atoms with E-state index in [-0.39, 0.29) is 23.3 Å². The Morgan fingerprint density at radius 2 is 1.87 bits per heavy atom. The van der Waals surface area contributed by atoms with Crippen molar-refractivity contribution in [2.24, 2.45) is 0 Å². The average Bonchev–Trinajstić information content (AvgIpc) is 2.28. The summed E-state index contributed by atoms with van der Waals surface area (Å²) in [6.45, 7) is 11.5. The first-order valence-electron chi connectivity index (χ1n) is 5.85. The first-order valence-corrected chi connectivity index (χ1v) is 5.85. The third kappa shape index (κ3) is 2.35. The van der Waals surface area contributed by atoms with Crippen molar-refractivity contribution >= 4 is 0 Å². The summed E-state index contributed by atoms with van der Waals surface area (Å²) in [6, 6.07) is 0. The Morgan fingerprint density at radius 1 is 1.27 bits per heavy atom. The molecule has 0 aromatic heterocycles. The van der Waals surface area contributed by atoms with Crippen LogP contribution in [0.15, 0.2) is 0 Å². The van der Waals surface area contributed by atoms with Gasteiger partial charge in [-0.3, -0.25) is 0 Å². The van der Waals surface area contributed by atoms with E-state index in [0.717, 1.165) is 19.4 Å². The van der Waals surface area contributed by atoms with E-state index in [2.05, 4.69) is 39.9 Å². The summed E-state index contributed by atoms with van der Waals surface area (Å²) in [5.41, 5.74) is -0.778. The lowest BCUT2D eigenvalue weighted by Gasteiger charge is -2.39. The SMILES string of the molecule is CCCNC1(CO)CC(C)(C)OC1(C)C. The summed E-state index contributed by atoms with van der Waals surface area (Å²) in [5, 5.41) is 13.1. The fourth-order valence-corrected chi connectivity index (χ4v) is 2.71. The fourth-order valence-electron chi connectivity index (χ4n) is 2.71. The van der Waals surface area contributed by atoms with Gasteiger partial charge in [0.05, 0.1) is 23.3 Å². The predicted molar refractivity (Wildman–Crippen MR) is 62.0 cm³/mol. The summed E-state index contributed by atoms with van der Waals surface area (Å²) < 4.78 is 6.02. The highest BCUT2D eigenvalue weighted by Crippen LogP contribution is 2.44. The smallest absolute Gasteiger partial charge is 0.0838 e. The maximum absolute atomic E-state index is 9.67. The monoisotopic (exact) mass is 215 g/mol. The Hall–Kier alpha value is -0.120. The molecule has 3 heteroatoms. The third-order valence-electron chi connectivity index (χ3n) is 3.39. The van der Waals surface area contributed by atoms with Gasteiger partial charge in [-0.1, -0.05) is 6.92 Å². The topological polar surface area (TPSA) is 41.5 Å². The van der Waals surface area contributed by atoms with Gasteiger partial charge in [0.1, 0.15) is 0 Å². The van der Waals surface area contributed by atoms with Crippen LogP contribution < -0.4 is 5.32 Å². The van der Waals surface area contributed by atoms with Gasteiger partial charge < -0.3 is 15.2 Å². The largest absolute Gasteiger partial charge is 0.394 e. The quantitative estimate of drug-likeness (QED) is 0.750. The van der Waals surface area contributed by atoms with Gasteiger partial charge >= 0.3 is 0 Å². The number of rotatable bonds is 4. The highest BCUT2D eigenvalue weighted by molar-refractivity contribution is 5.11. The zero-order valence-corrected chi connectivity index (χ0v) is 10.7. The molecule has 0 bridgehead atoms. The number of hydrogen-bond acceptors (Lipinski definition) is 3. The van der Waals surface area contributed by atoms with E-state index in [4.69, 9.17) is 4.74 Å². The first-order chi connectivity index (χ1) is 6.79. The van der Waals surface area contributed by atoms with E-state index in [0.29, 0.717) is 0 Å². The second-order valence-electron chi connectivity index (χ2n) is 5.72. The number of ether oxygens (including phenoxy) is 1. The van der Waals surface area contributed by atoms with Crippen LogP contribution in [0.4, 0.5) is 0 Å². The number of aliphatic hydroxyl groups excluding tert-OH is 1. The normalized spacial score (nSPS) is 33.2. The number of nitrogens with one attached hydrogen (secondary N) is 1. The van der Waals surface area contributed by atoms with Gasteiger partial charge in [0.25, 0.3) is 0 Å². The van der Waals surface area contributed by atoms with Crippen LogP contribution in [0.3, 0.4) is 0 Å². The molecule has 0 amide bonds. The zero-order valence-electron chi connectivity index (χ0n) is 10.7. The van der Waals surface area contributed by atoms with Gasteiger partial charge in [-0.15, -0.1) is 0 Å². The summed E-state index contributed by atoms with van der Waals surface area (Å²) >= 11 is 0. The van der Waals surface area contributed by atoms with Gasteiger partial charge in [0, 0.05) is 0 Å². The molecule has 1 rings (SSSR count). The fraction of sp³-hybridized carbons (Fsp3) is 1.00. The lowest BCUT2D eigenvalue weighted by atomic mass is 9.79. The van der Waals surface area contributed by atoms with Crippen molar-refractivity contribution < 1.29 is 9.84 Å². The standard InChI is InChI=1S/C12H25NO2/c1-6-7-13-12(9-14)8-10(2,3)15-11(12,4)5/h13-14H,6-9H2,1-5H3. The van der Waals surface area contributed by atoms with Gasteiger partial charge in [0.15, 0.2) is 0 Å². The molecule has 0 aliphatic carbocycles. The van der Waals surface area contributed by atoms with E-state index in [1.165, 1.54) is 0 Å². The highest BCUT2D eigenvalue weighted by atomic mass is 16.5. The molecule has 1 heterocycles. The Labute approximate surface area is 93.2 Å². The lowest BCUT2D eigenvalue weighted by molar-refractivity contribution is -0.0894. The van der Waals surface area contributed by atoms with Crippen molar-refractivity contribution in [3.8, 4) is 0 Å². The molecular weight excluding hydrogens is 190 g/mol. The third-order valence-corrected chi connectivity index (χ3v) is 3.39. The van der Waals surface area contributed by atoms with Crippen LogP contribution >= 0.6 is 0 Å². The molecule has 15 heavy (non-hydrogen) atoms. The van der Waals surface area contributed by atoms with E-state index in [1.807, 2.05) is 0 Å². The van der Waals surface area contributed by atoms with Crippen LogP contribution in [-0.2, 0) is 4.74 Å². The zero-order chi connectivity index (χ0) is 11.7. The molecule has 0 aromatic carbocycles. The molecule has 0 radical (unpaired) electrons. The molecule has 1 atom stereocenters. The molecule has 0 spiro atoms. The molecule has 0 aromatic rings. The van der Waals surface area contributed by atoms with Crippen LogP contribution in [-0.4, -0.2) is 35.0 Å². The Kier molecular flexibility index (Phi) is 3.49. The van der Waals surface area contributed by atoms with Gasteiger partial charge in [-0.05, 0) is 47.1 Å². The van der Waals surface area contributed by atoms with Crippen molar-refractivity contribution in [1.29, 1.82) is 0 Å². The molecule has 1 aliphatic heterocycles. The predicted octanol–water partition coefficient (Wildman–Crippen LogP) is 1.69. The van der Waals surface area contributed by atoms with E-state index < -0.39 is 0 Å². The minimum absolute atomic E-state index is 0.128. The van der Waals surface area contributed by atoms with Crippen LogP contribution in [0.5, 0.6) is 0 Å². The highest BCUT2D eigenvalue weighted by Gasteiger charge is 2.56. The molecule has 3 nitrogen and oxygen atoms in total. The molecule has 2 N–H and O–H groups in total. The van der Waals surface area contributed by atoms with Crippen LogP contribution in [0.2, 0.25) is 0 Å². The van der Waals surface area contributed by atoms with Gasteiger partial charge in [0.2, 0.25) is 0 Å². The van der Waals surface area contributed by atoms with Crippen molar-refractivity contribution in [2.45, 2.75) is 64.2 Å². The Bertz CT molecular complexity index is 226. The summed E-state index contributed by atoms with van der Waals surface area (Å²) in [6.07, 6.45) is 1.92. The molecule has 0 saturated carbocycles. The van der Waals surface area contributed by atoms with Gasteiger partial charge in [-0.25, -0.2) is 0 Å². The molecular formula is C12H25NO2. The second-order valence-corrected chi connectivity index (χ2v) is 5.72. The minimum Gasteiger partial charge on any atom is -0.394 e.